The molecule has 0 amide bonds. The van der Waals surface area contributed by atoms with Crippen LogP contribution in [0.1, 0.15) is 25.5 Å². The molecule has 0 radical (unpaired) electrons. The van der Waals surface area contributed by atoms with E-state index >= 15 is 0 Å². The van der Waals surface area contributed by atoms with Crippen molar-refractivity contribution in [1.82, 2.24) is 24.5 Å². The maximum Gasteiger partial charge on any atom is 0.0973 e. The van der Waals surface area contributed by atoms with E-state index in [1.54, 1.807) is 12.4 Å². The van der Waals surface area contributed by atoms with E-state index in [1.165, 1.54) is 0 Å². The number of aryl methyl sites for hydroxylation is 1. The first-order chi connectivity index (χ1) is 12.6. The van der Waals surface area contributed by atoms with Crippen molar-refractivity contribution in [3.8, 4) is 11.3 Å². The number of nitrogens with one attached hydrogen (secondary N) is 1. The second-order valence-corrected chi connectivity index (χ2v) is 6.72. The van der Waals surface area contributed by atoms with Gasteiger partial charge in [-0.1, -0.05) is 0 Å². The Hall–Kier alpha value is -3.15. The van der Waals surface area contributed by atoms with Crippen LogP contribution in [0.4, 0.5) is 5.69 Å². The lowest BCUT2D eigenvalue weighted by atomic mass is 10.1. The number of hydrogen-bond donors (Lipinski definition) is 1. The Morgan fingerprint density at radius 1 is 1.12 bits per heavy atom. The number of pyridine rings is 1. The van der Waals surface area contributed by atoms with E-state index in [2.05, 4.69) is 58.7 Å². The first-order valence-electron chi connectivity index (χ1n) is 8.76. The van der Waals surface area contributed by atoms with Crippen molar-refractivity contribution in [2.24, 2.45) is 7.05 Å². The summed E-state index contributed by atoms with van der Waals surface area (Å²) in [6.45, 7) is 4.98. The van der Waals surface area contributed by atoms with Gasteiger partial charge in [0.2, 0.25) is 0 Å². The van der Waals surface area contributed by atoms with Crippen LogP contribution in [0.5, 0.6) is 0 Å². The monoisotopic (exact) mass is 346 g/mol. The molecule has 0 saturated carbocycles. The van der Waals surface area contributed by atoms with Crippen molar-refractivity contribution < 1.29 is 0 Å². The molecule has 4 aromatic rings. The van der Waals surface area contributed by atoms with Crippen LogP contribution in [-0.4, -0.2) is 24.5 Å². The van der Waals surface area contributed by atoms with Crippen LogP contribution in [0.25, 0.3) is 22.2 Å². The van der Waals surface area contributed by atoms with E-state index in [-0.39, 0.29) is 0 Å². The first kappa shape index (κ1) is 16.3. The molecule has 6 heteroatoms. The Labute approximate surface area is 152 Å². The smallest absolute Gasteiger partial charge is 0.0973 e. The molecule has 0 saturated heterocycles. The van der Waals surface area contributed by atoms with Gasteiger partial charge in [-0.2, -0.15) is 10.2 Å². The highest BCUT2D eigenvalue weighted by molar-refractivity contribution is 5.82. The van der Waals surface area contributed by atoms with Gasteiger partial charge in [-0.15, -0.1) is 0 Å². The number of aromatic nitrogens is 5. The standard InChI is InChI=1S/C20H22N6/c1-14(2)26-19-5-4-18(10-16(19)12-23-26)22-11-17-13-25(3)24-20(17)15-6-8-21-9-7-15/h4-10,12-14,22H,11H2,1-3H3. The summed E-state index contributed by atoms with van der Waals surface area (Å²) in [7, 11) is 1.94. The number of rotatable bonds is 5. The highest BCUT2D eigenvalue weighted by Crippen LogP contribution is 2.24. The molecule has 1 aromatic carbocycles. The van der Waals surface area contributed by atoms with Crippen molar-refractivity contribution in [2.75, 3.05) is 5.32 Å². The zero-order valence-corrected chi connectivity index (χ0v) is 15.2. The molecule has 0 unspecified atom stereocenters. The van der Waals surface area contributed by atoms with Crippen molar-refractivity contribution in [2.45, 2.75) is 26.4 Å². The van der Waals surface area contributed by atoms with Gasteiger partial charge in [0.05, 0.1) is 17.4 Å². The van der Waals surface area contributed by atoms with E-state index in [0.717, 1.165) is 33.4 Å². The quantitative estimate of drug-likeness (QED) is 0.593. The SMILES string of the molecule is CC(C)n1ncc2cc(NCc3cn(C)nc3-c3ccncc3)ccc21. The van der Waals surface area contributed by atoms with Gasteiger partial charge < -0.3 is 5.32 Å². The van der Waals surface area contributed by atoms with E-state index < -0.39 is 0 Å². The molecule has 0 fully saturated rings. The molecular formula is C20H22N6. The third-order valence-corrected chi connectivity index (χ3v) is 4.43. The largest absolute Gasteiger partial charge is 0.381 e. The van der Waals surface area contributed by atoms with E-state index in [0.29, 0.717) is 12.6 Å². The third kappa shape index (κ3) is 3.06. The predicted molar refractivity (Wildman–Crippen MR) is 104 cm³/mol. The Kier molecular flexibility index (Phi) is 4.16. The second kappa shape index (κ2) is 6.63. The molecule has 0 aliphatic rings. The Morgan fingerprint density at radius 2 is 1.92 bits per heavy atom. The summed E-state index contributed by atoms with van der Waals surface area (Å²) in [4.78, 5) is 4.09. The third-order valence-electron chi connectivity index (χ3n) is 4.43. The minimum atomic E-state index is 0.352. The molecule has 3 heterocycles. The van der Waals surface area contributed by atoms with Crippen LogP contribution in [-0.2, 0) is 13.6 Å². The molecule has 0 spiro atoms. The van der Waals surface area contributed by atoms with E-state index in [9.17, 15) is 0 Å². The average Bonchev–Trinajstić information content (AvgIpc) is 3.23. The van der Waals surface area contributed by atoms with Gasteiger partial charge in [-0.25, -0.2) is 0 Å². The maximum atomic E-state index is 4.60. The molecule has 0 aliphatic heterocycles. The zero-order chi connectivity index (χ0) is 18.1. The minimum absolute atomic E-state index is 0.352. The molecule has 4 rings (SSSR count). The van der Waals surface area contributed by atoms with Gasteiger partial charge in [-0.05, 0) is 44.2 Å². The Bertz CT molecular complexity index is 1030. The highest BCUT2D eigenvalue weighted by Gasteiger charge is 2.11. The topological polar surface area (TPSA) is 60.6 Å². The van der Waals surface area contributed by atoms with Gasteiger partial charge in [0.1, 0.15) is 0 Å². The summed E-state index contributed by atoms with van der Waals surface area (Å²) < 4.78 is 3.89. The summed E-state index contributed by atoms with van der Waals surface area (Å²) in [6, 6.07) is 10.7. The molecule has 0 aliphatic carbocycles. The van der Waals surface area contributed by atoms with Crippen LogP contribution in [0.3, 0.4) is 0 Å². The summed E-state index contributed by atoms with van der Waals surface area (Å²) in [6.07, 6.45) is 7.56. The lowest BCUT2D eigenvalue weighted by Gasteiger charge is -2.09. The summed E-state index contributed by atoms with van der Waals surface area (Å²) in [5, 5.41) is 13.7. The van der Waals surface area contributed by atoms with Crippen LogP contribution < -0.4 is 5.32 Å². The number of benzene rings is 1. The van der Waals surface area contributed by atoms with Gasteiger partial charge in [0.15, 0.2) is 0 Å². The Morgan fingerprint density at radius 3 is 2.69 bits per heavy atom. The lowest BCUT2D eigenvalue weighted by Crippen LogP contribution is -2.02. The van der Waals surface area contributed by atoms with Crippen molar-refractivity contribution >= 4 is 16.6 Å². The molecule has 26 heavy (non-hydrogen) atoms. The van der Waals surface area contributed by atoms with Crippen LogP contribution >= 0.6 is 0 Å². The number of fused-ring (bicyclic) bond motifs is 1. The molecule has 0 bridgehead atoms. The van der Waals surface area contributed by atoms with Crippen LogP contribution in [0.2, 0.25) is 0 Å². The number of hydrogen-bond acceptors (Lipinski definition) is 4. The fraction of sp³-hybridized carbons (Fsp3) is 0.250. The zero-order valence-electron chi connectivity index (χ0n) is 15.2. The van der Waals surface area contributed by atoms with Gasteiger partial charge in [0, 0.05) is 60.4 Å². The van der Waals surface area contributed by atoms with E-state index in [1.807, 2.05) is 34.7 Å². The minimum Gasteiger partial charge on any atom is -0.381 e. The van der Waals surface area contributed by atoms with Gasteiger partial charge in [-0.3, -0.25) is 14.3 Å². The fourth-order valence-corrected chi connectivity index (χ4v) is 3.19. The number of anilines is 1. The normalized spacial score (nSPS) is 11.4. The van der Waals surface area contributed by atoms with Crippen molar-refractivity contribution in [1.29, 1.82) is 0 Å². The summed E-state index contributed by atoms with van der Waals surface area (Å²) in [5.74, 6) is 0. The summed E-state index contributed by atoms with van der Waals surface area (Å²) in [5.41, 5.74) is 5.44. The highest BCUT2D eigenvalue weighted by atomic mass is 15.3. The van der Waals surface area contributed by atoms with Crippen LogP contribution in [0.15, 0.2) is 55.1 Å². The van der Waals surface area contributed by atoms with Crippen molar-refractivity contribution in [3.05, 3.63) is 60.7 Å². The molecule has 1 N–H and O–H groups in total. The molecule has 132 valence electrons. The summed E-state index contributed by atoms with van der Waals surface area (Å²) >= 11 is 0. The molecule has 0 atom stereocenters. The Balaban J connectivity index is 1.57. The van der Waals surface area contributed by atoms with Crippen LogP contribution in [0, 0.1) is 0 Å². The molecule has 3 aromatic heterocycles. The second-order valence-electron chi connectivity index (χ2n) is 6.72. The molecular weight excluding hydrogens is 324 g/mol. The van der Waals surface area contributed by atoms with E-state index in [4.69, 9.17) is 0 Å². The average molecular weight is 346 g/mol. The predicted octanol–water partition coefficient (Wildman–Crippen LogP) is 4.02. The van der Waals surface area contributed by atoms with Gasteiger partial charge in [0.25, 0.3) is 0 Å². The lowest BCUT2D eigenvalue weighted by molar-refractivity contribution is 0.551. The van der Waals surface area contributed by atoms with Gasteiger partial charge >= 0.3 is 0 Å². The number of nitrogens with zero attached hydrogens (tertiary/aromatic N) is 5. The van der Waals surface area contributed by atoms with Crippen molar-refractivity contribution in [3.63, 3.8) is 0 Å². The fourth-order valence-electron chi connectivity index (χ4n) is 3.19. The molecule has 6 nitrogen and oxygen atoms in total. The maximum absolute atomic E-state index is 4.60. The first-order valence-corrected chi connectivity index (χ1v) is 8.76.